The topological polar surface area (TPSA) is 56.6 Å². The number of fused-ring (bicyclic) bond motifs is 1. The molecule has 2 aromatic carbocycles. The van der Waals surface area contributed by atoms with Crippen LogP contribution in [-0.2, 0) is 4.74 Å². The molecule has 8 heteroatoms. The lowest BCUT2D eigenvalue weighted by Crippen LogP contribution is -2.44. The Morgan fingerprint density at radius 2 is 1.81 bits per heavy atom. The number of carbonyl (C=O) groups is 1. The third kappa shape index (κ3) is 4.62. The first-order chi connectivity index (χ1) is 14.7. The van der Waals surface area contributed by atoms with Crippen molar-refractivity contribution in [3.05, 3.63) is 54.1 Å². The number of carbonyl (C=O) groups excluding carboxylic acids is 1. The minimum atomic E-state index is -0.549. The quantitative estimate of drug-likeness (QED) is 0.583. The minimum absolute atomic E-state index is 0.200. The smallest absolute Gasteiger partial charge is 0.410 e. The first-order valence-corrected chi connectivity index (χ1v) is 10.3. The Morgan fingerprint density at radius 1 is 1.10 bits per heavy atom. The van der Waals surface area contributed by atoms with Gasteiger partial charge in [-0.05, 0) is 51.1 Å². The molecule has 0 saturated carbocycles. The summed E-state index contributed by atoms with van der Waals surface area (Å²) >= 11 is 0. The van der Waals surface area contributed by atoms with Gasteiger partial charge in [0, 0.05) is 25.9 Å². The molecule has 6 nitrogen and oxygen atoms in total. The SMILES string of the molecule is CC(C)(C)OC(=O)N1CCC(Oc2nn(-c3ccccc3F)c3ccc(F)cc23)CC1. The summed E-state index contributed by atoms with van der Waals surface area (Å²) in [4.78, 5) is 13.9. The minimum Gasteiger partial charge on any atom is -0.473 e. The van der Waals surface area contributed by atoms with Crippen LogP contribution >= 0.6 is 0 Å². The van der Waals surface area contributed by atoms with Gasteiger partial charge in [0.2, 0.25) is 5.88 Å². The summed E-state index contributed by atoms with van der Waals surface area (Å²) in [5.74, 6) is -0.618. The molecule has 0 radical (unpaired) electrons. The molecule has 0 N–H and O–H groups in total. The molecule has 4 rings (SSSR count). The van der Waals surface area contributed by atoms with Crippen molar-refractivity contribution in [2.45, 2.75) is 45.3 Å². The Balaban J connectivity index is 1.54. The number of nitrogens with zero attached hydrogens (tertiary/aromatic N) is 3. The Labute approximate surface area is 179 Å². The fourth-order valence-corrected chi connectivity index (χ4v) is 3.60. The molecule has 0 aliphatic carbocycles. The highest BCUT2D eigenvalue weighted by Crippen LogP contribution is 2.31. The Bertz CT molecular complexity index is 1100. The lowest BCUT2D eigenvalue weighted by molar-refractivity contribution is 0.0124. The van der Waals surface area contributed by atoms with Gasteiger partial charge in [0.25, 0.3) is 0 Å². The summed E-state index contributed by atoms with van der Waals surface area (Å²) in [5, 5.41) is 4.91. The van der Waals surface area contributed by atoms with Gasteiger partial charge in [-0.1, -0.05) is 12.1 Å². The number of rotatable bonds is 3. The summed E-state index contributed by atoms with van der Waals surface area (Å²) in [7, 11) is 0. The van der Waals surface area contributed by atoms with Gasteiger partial charge in [0.15, 0.2) is 0 Å². The number of benzene rings is 2. The maximum Gasteiger partial charge on any atom is 0.410 e. The van der Waals surface area contributed by atoms with E-state index in [0.29, 0.717) is 36.8 Å². The summed E-state index contributed by atoms with van der Waals surface area (Å²) in [5.41, 5.74) is 0.258. The van der Waals surface area contributed by atoms with Crippen LogP contribution in [0, 0.1) is 11.6 Å². The lowest BCUT2D eigenvalue weighted by atomic mass is 10.1. The number of aromatic nitrogens is 2. The number of amides is 1. The Morgan fingerprint density at radius 3 is 2.48 bits per heavy atom. The summed E-state index contributed by atoms with van der Waals surface area (Å²) in [6.45, 7) is 6.46. The number of halogens is 2. The molecule has 2 heterocycles. The van der Waals surface area contributed by atoms with Crippen molar-refractivity contribution in [1.82, 2.24) is 14.7 Å². The average Bonchev–Trinajstić information content (AvgIpc) is 3.05. The molecule has 1 amide bonds. The van der Waals surface area contributed by atoms with Crippen molar-refractivity contribution in [3.8, 4) is 11.6 Å². The van der Waals surface area contributed by atoms with Gasteiger partial charge in [0.1, 0.15) is 29.0 Å². The first kappa shape index (κ1) is 21.1. The number of likely N-dealkylation sites (tertiary alicyclic amines) is 1. The van der Waals surface area contributed by atoms with E-state index >= 15 is 0 Å². The third-order valence-electron chi connectivity index (χ3n) is 5.06. The molecule has 164 valence electrons. The predicted molar refractivity (Wildman–Crippen MR) is 112 cm³/mol. The fraction of sp³-hybridized carbons (Fsp3) is 0.391. The van der Waals surface area contributed by atoms with E-state index < -0.39 is 17.2 Å². The fourth-order valence-electron chi connectivity index (χ4n) is 3.60. The number of hydrogen-bond donors (Lipinski definition) is 0. The van der Waals surface area contributed by atoms with Crippen LogP contribution in [0.25, 0.3) is 16.6 Å². The first-order valence-electron chi connectivity index (χ1n) is 10.3. The van der Waals surface area contributed by atoms with E-state index in [1.54, 1.807) is 29.2 Å². The van der Waals surface area contributed by atoms with Gasteiger partial charge in [-0.25, -0.2) is 18.3 Å². The highest BCUT2D eigenvalue weighted by molar-refractivity contribution is 5.86. The van der Waals surface area contributed by atoms with E-state index in [4.69, 9.17) is 9.47 Å². The van der Waals surface area contributed by atoms with Crippen LogP contribution in [0.3, 0.4) is 0 Å². The second-order valence-electron chi connectivity index (χ2n) is 8.61. The molecule has 31 heavy (non-hydrogen) atoms. The lowest BCUT2D eigenvalue weighted by Gasteiger charge is -2.33. The van der Waals surface area contributed by atoms with Crippen LogP contribution in [-0.4, -0.2) is 45.6 Å². The third-order valence-corrected chi connectivity index (χ3v) is 5.06. The molecule has 1 fully saturated rings. The van der Waals surface area contributed by atoms with E-state index in [0.717, 1.165) is 0 Å². The molecule has 0 spiro atoms. The van der Waals surface area contributed by atoms with Crippen molar-refractivity contribution < 1.29 is 23.0 Å². The molecular weight excluding hydrogens is 404 g/mol. The largest absolute Gasteiger partial charge is 0.473 e. The molecule has 1 aliphatic rings. The average molecular weight is 429 g/mol. The highest BCUT2D eigenvalue weighted by atomic mass is 19.1. The van der Waals surface area contributed by atoms with E-state index in [9.17, 15) is 13.6 Å². The Hall–Kier alpha value is -3.16. The van der Waals surface area contributed by atoms with Crippen LogP contribution in [0.4, 0.5) is 13.6 Å². The number of hydrogen-bond acceptors (Lipinski definition) is 4. The van der Waals surface area contributed by atoms with Crippen molar-refractivity contribution >= 4 is 17.0 Å². The summed E-state index contributed by atoms with van der Waals surface area (Å²) < 4.78 is 41.2. The second kappa shape index (κ2) is 8.17. The Kier molecular flexibility index (Phi) is 5.56. The van der Waals surface area contributed by atoms with Gasteiger partial charge in [-0.2, -0.15) is 0 Å². The van der Waals surface area contributed by atoms with Gasteiger partial charge < -0.3 is 14.4 Å². The predicted octanol–water partition coefficient (Wildman–Crippen LogP) is 5.08. The zero-order chi connectivity index (χ0) is 22.2. The van der Waals surface area contributed by atoms with Crippen LogP contribution < -0.4 is 4.74 Å². The second-order valence-corrected chi connectivity index (χ2v) is 8.61. The zero-order valence-corrected chi connectivity index (χ0v) is 17.8. The molecule has 0 unspecified atom stereocenters. The van der Waals surface area contributed by atoms with Crippen molar-refractivity contribution in [3.63, 3.8) is 0 Å². The highest BCUT2D eigenvalue weighted by Gasteiger charge is 2.28. The molecule has 3 aromatic rings. The number of para-hydroxylation sites is 1. The molecule has 1 aromatic heterocycles. The van der Waals surface area contributed by atoms with Crippen LogP contribution in [0.15, 0.2) is 42.5 Å². The summed E-state index contributed by atoms with van der Waals surface area (Å²) in [6.07, 6.45) is 0.627. The molecular formula is C23H25F2N3O3. The monoisotopic (exact) mass is 429 g/mol. The van der Waals surface area contributed by atoms with Crippen molar-refractivity contribution in [1.29, 1.82) is 0 Å². The maximum absolute atomic E-state index is 14.4. The van der Waals surface area contributed by atoms with Crippen molar-refractivity contribution in [2.75, 3.05) is 13.1 Å². The molecule has 1 saturated heterocycles. The van der Waals surface area contributed by atoms with E-state index in [1.807, 2.05) is 20.8 Å². The normalized spacial score (nSPS) is 15.3. The van der Waals surface area contributed by atoms with E-state index in [2.05, 4.69) is 5.10 Å². The van der Waals surface area contributed by atoms with Gasteiger partial charge in [-0.15, -0.1) is 5.10 Å². The van der Waals surface area contributed by atoms with Crippen LogP contribution in [0.1, 0.15) is 33.6 Å². The molecule has 0 atom stereocenters. The zero-order valence-electron chi connectivity index (χ0n) is 17.8. The number of piperidine rings is 1. The van der Waals surface area contributed by atoms with Gasteiger partial charge in [0.05, 0.1) is 10.9 Å². The maximum atomic E-state index is 14.4. The van der Waals surface area contributed by atoms with Crippen molar-refractivity contribution in [2.24, 2.45) is 0 Å². The van der Waals surface area contributed by atoms with Crippen LogP contribution in [0.2, 0.25) is 0 Å². The molecule has 0 bridgehead atoms. The van der Waals surface area contributed by atoms with Crippen LogP contribution in [0.5, 0.6) is 5.88 Å². The molecule has 1 aliphatic heterocycles. The van der Waals surface area contributed by atoms with E-state index in [-0.39, 0.29) is 23.8 Å². The summed E-state index contributed by atoms with van der Waals surface area (Å²) in [6, 6.07) is 10.5. The van der Waals surface area contributed by atoms with E-state index in [1.165, 1.54) is 22.9 Å². The number of ether oxygens (including phenoxy) is 2. The standard InChI is InChI=1S/C23H25F2N3O3/c1-23(2,3)31-22(29)27-12-10-16(11-13-27)30-21-17-14-15(24)8-9-19(17)28(26-21)20-7-5-4-6-18(20)25/h4-9,14,16H,10-13H2,1-3H3. The van der Waals surface area contributed by atoms with Gasteiger partial charge >= 0.3 is 6.09 Å². The van der Waals surface area contributed by atoms with Gasteiger partial charge in [-0.3, -0.25) is 0 Å².